The average Bonchev–Trinajstić information content (AvgIpc) is 2.56. The highest BCUT2D eigenvalue weighted by Crippen LogP contribution is 2.31. The molecule has 0 saturated carbocycles. The molecule has 0 N–H and O–H groups in total. The summed E-state index contributed by atoms with van der Waals surface area (Å²) >= 11 is 7.36. The van der Waals surface area contributed by atoms with Crippen LogP contribution in [0.25, 0.3) is 0 Å². The van der Waals surface area contributed by atoms with Crippen molar-refractivity contribution in [3.8, 4) is 0 Å². The zero-order chi connectivity index (χ0) is 9.97. The van der Waals surface area contributed by atoms with Crippen LogP contribution in [0.3, 0.4) is 0 Å². The molecule has 1 fully saturated rings. The Balaban J connectivity index is 2.00. The van der Waals surface area contributed by atoms with Crippen molar-refractivity contribution in [2.45, 2.75) is 29.7 Å². The lowest BCUT2D eigenvalue weighted by molar-refractivity contribution is 0.127. The standard InChI is InChI=1S/C9H11ClN2OS/c1-6-7(4-5-13-6)14-9-3-2-8(10)11-12-9/h2-3,6-7H,4-5H2,1H3. The SMILES string of the molecule is CC1OCCC1Sc1ccc(Cl)nn1. The van der Waals surface area contributed by atoms with Crippen molar-refractivity contribution in [3.63, 3.8) is 0 Å². The third-order valence-electron chi connectivity index (χ3n) is 2.19. The van der Waals surface area contributed by atoms with E-state index in [1.54, 1.807) is 17.8 Å². The van der Waals surface area contributed by atoms with Crippen molar-refractivity contribution in [3.05, 3.63) is 17.3 Å². The molecule has 0 radical (unpaired) electrons. The number of hydrogen-bond donors (Lipinski definition) is 0. The second-order valence-electron chi connectivity index (χ2n) is 3.22. The number of nitrogens with zero attached hydrogens (tertiary/aromatic N) is 2. The Bertz CT molecular complexity index is 306. The first-order valence-electron chi connectivity index (χ1n) is 4.53. The molecule has 1 aromatic rings. The predicted molar refractivity (Wildman–Crippen MR) is 56.7 cm³/mol. The van der Waals surface area contributed by atoms with E-state index in [1.165, 1.54) is 0 Å². The molecule has 1 aliphatic rings. The van der Waals surface area contributed by atoms with Crippen molar-refractivity contribution in [2.75, 3.05) is 6.61 Å². The van der Waals surface area contributed by atoms with Crippen LogP contribution in [0.2, 0.25) is 5.15 Å². The first-order chi connectivity index (χ1) is 6.75. The molecular weight excluding hydrogens is 220 g/mol. The van der Waals surface area contributed by atoms with Crippen molar-refractivity contribution < 1.29 is 4.74 Å². The molecule has 0 bridgehead atoms. The van der Waals surface area contributed by atoms with E-state index in [4.69, 9.17) is 16.3 Å². The molecular formula is C9H11ClN2OS. The van der Waals surface area contributed by atoms with Gasteiger partial charge in [0.1, 0.15) is 5.03 Å². The van der Waals surface area contributed by atoms with E-state index in [-0.39, 0.29) is 0 Å². The van der Waals surface area contributed by atoms with Gasteiger partial charge in [-0.15, -0.1) is 10.2 Å². The maximum absolute atomic E-state index is 5.65. The van der Waals surface area contributed by atoms with Crippen molar-refractivity contribution >= 4 is 23.4 Å². The van der Waals surface area contributed by atoms with Gasteiger partial charge in [0.2, 0.25) is 0 Å². The van der Waals surface area contributed by atoms with Crippen LogP contribution in [-0.4, -0.2) is 28.2 Å². The zero-order valence-electron chi connectivity index (χ0n) is 7.81. The van der Waals surface area contributed by atoms with Gasteiger partial charge in [0.25, 0.3) is 0 Å². The minimum atomic E-state index is 0.303. The molecule has 14 heavy (non-hydrogen) atoms. The minimum absolute atomic E-state index is 0.303. The lowest BCUT2D eigenvalue weighted by atomic mass is 10.3. The second-order valence-corrected chi connectivity index (χ2v) is 4.86. The summed E-state index contributed by atoms with van der Waals surface area (Å²) in [5.74, 6) is 0. The van der Waals surface area contributed by atoms with Crippen molar-refractivity contribution in [1.82, 2.24) is 10.2 Å². The highest BCUT2D eigenvalue weighted by Gasteiger charge is 2.25. The first kappa shape index (κ1) is 10.2. The van der Waals surface area contributed by atoms with Gasteiger partial charge in [-0.05, 0) is 25.5 Å². The molecule has 0 aliphatic carbocycles. The Labute approximate surface area is 92.2 Å². The summed E-state index contributed by atoms with van der Waals surface area (Å²) in [7, 11) is 0. The molecule has 0 amide bonds. The lowest BCUT2D eigenvalue weighted by Crippen LogP contribution is -2.13. The summed E-state index contributed by atoms with van der Waals surface area (Å²) in [6.45, 7) is 2.94. The maximum atomic E-state index is 5.65. The van der Waals surface area contributed by atoms with Crippen molar-refractivity contribution in [2.24, 2.45) is 0 Å². The fourth-order valence-corrected chi connectivity index (χ4v) is 2.52. The average molecular weight is 231 g/mol. The van der Waals surface area contributed by atoms with Crippen LogP contribution in [0.15, 0.2) is 17.2 Å². The van der Waals surface area contributed by atoms with Gasteiger partial charge >= 0.3 is 0 Å². The van der Waals surface area contributed by atoms with Gasteiger partial charge in [-0.1, -0.05) is 23.4 Å². The Morgan fingerprint density at radius 1 is 1.50 bits per heavy atom. The molecule has 2 rings (SSSR count). The molecule has 76 valence electrons. The molecule has 3 nitrogen and oxygen atoms in total. The van der Waals surface area contributed by atoms with Crippen LogP contribution < -0.4 is 0 Å². The van der Waals surface area contributed by atoms with Gasteiger partial charge < -0.3 is 4.74 Å². The van der Waals surface area contributed by atoms with Crippen LogP contribution in [0, 0.1) is 0 Å². The highest BCUT2D eigenvalue weighted by molar-refractivity contribution is 7.99. The molecule has 2 unspecified atom stereocenters. The first-order valence-corrected chi connectivity index (χ1v) is 5.79. The molecule has 1 aliphatic heterocycles. The van der Waals surface area contributed by atoms with Gasteiger partial charge in [0, 0.05) is 11.9 Å². The summed E-state index contributed by atoms with van der Waals surface area (Å²) in [5, 5.41) is 9.64. The van der Waals surface area contributed by atoms with Crippen LogP contribution in [0.5, 0.6) is 0 Å². The molecule has 0 spiro atoms. The third-order valence-corrected chi connectivity index (χ3v) is 3.77. The van der Waals surface area contributed by atoms with Gasteiger partial charge in [0.05, 0.1) is 6.10 Å². The number of thioether (sulfide) groups is 1. The smallest absolute Gasteiger partial charge is 0.151 e. The normalized spacial score (nSPS) is 26.7. The molecule has 2 heterocycles. The molecule has 2 atom stereocenters. The van der Waals surface area contributed by atoms with Gasteiger partial charge in [-0.3, -0.25) is 0 Å². The summed E-state index contributed by atoms with van der Waals surface area (Å²) in [6, 6.07) is 3.66. The number of ether oxygens (including phenoxy) is 1. The Morgan fingerprint density at radius 3 is 2.93 bits per heavy atom. The van der Waals surface area contributed by atoms with E-state index in [2.05, 4.69) is 17.1 Å². The molecule has 1 aromatic heterocycles. The minimum Gasteiger partial charge on any atom is -0.377 e. The summed E-state index contributed by atoms with van der Waals surface area (Å²) in [6.07, 6.45) is 1.38. The van der Waals surface area contributed by atoms with E-state index in [0.29, 0.717) is 16.5 Å². The zero-order valence-corrected chi connectivity index (χ0v) is 9.38. The fourth-order valence-electron chi connectivity index (χ4n) is 1.39. The summed E-state index contributed by atoms with van der Waals surface area (Å²) < 4.78 is 5.47. The van der Waals surface area contributed by atoms with Crippen LogP contribution in [0.4, 0.5) is 0 Å². The summed E-state index contributed by atoms with van der Waals surface area (Å²) in [5.41, 5.74) is 0. The van der Waals surface area contributed by atoms with Crippen LogP contribution in [0.1, 0.15) is 13.3 Å². The Kier molecular flexibility index (Phi) is 3.26. The van der Waals surface area contributed by atoms with Gasteiger partial charge in [0.15, 0.2) is 5.15 Å². The Hall–Kier alpha value is -0.320. The molecule has 5 heteroatoms. The number of aromatic nitrogens is 2. The quantitative estimate of drug-likeness (QED) is 0.782. The van der Waals surface area contributed by atoms with E-state index in [1.807, 2.05) is 6.07 Å². The van der Waals surface area contributed by atoms with E-state index in [9.17, 15) is 0 Å². The number of hydrogen-bond acceptors (Lipinski definition) is 4. The van der Waals surface area contributed by atoms with Gasteiger partial charge in [-0.25, -0.2) is 0 Å². The van der Waals surface area contributed by atoms with Crippen molar-refractivity contribution in [1.29, 1.82) is 0 Å². The van der Waals surface area contributed by atoms with Gasteiger partial charge in [-0.2, -0.15) is 0 Å². The monoisotopic (exact) mass is 230 g/mol. The topological polar surface area (TPSA) is 35.0 Å². The molecule has 0 aromatic carbocycles. The second kappa shape index (κ2) is 4.47. The van der Waals surface area contributed by atoms with Crippen LogP contribution >= 0.6 is 23.4 Å². The third kappa shape index (κ3) is 2.38. The highest BCUT2D eigenvalue weighted by atomic mass is 35.5. The molecule has 1 saturated heterocycles. The maximum Gasteiger partial charge on any atom is 0.151 e. The Morgan fingerprint density at radius 2 is 2.36 bits per heavy atom. The lowest BCUT2D eigenvalue weighted by Gasteiger charge is -2.11. The van der Waals surface area contributed by atoms with E-state index in [0.717, 1.165) is 18.1 Å². The largest absolute Gasteiger partial charge is 0.377 e. The number of halogens is 1. The van der Waals surface area contributed by atoms with Crippen LogP contribution in [-0.2, 0) is 4.74 Å². The fraction of sp³-hybridized carbons (Fsp3) is 0.556. The van der Waals surface area contributed by atoms with E-state index < -0.39 is 0 Å². The predicted octanol–water partition coefficient (Wildman–Crippen LogP) is 2.40. The summed E-state index contributed by atoms with van der Waals surface area (Å²) in [4.78, 5) is 0. The number of rotatable bonds is 2. The van der Waals surface area contributed by atoms with E-state index >= 15 is 0 Å².